The van der Waals surface area contributed by atoms with E-state index < -0.39 is 5.91 Å². The van der Waals surface area contributed by atoms with E-state index in [0.29, 0.717) is 5.92 Å². The van der Waals surface area contributed by atoms with Crippen molar-refractivity contribution in [2.24, 2.45) is 5.73 Å². The molecule has 0 aliphatic rings. The van der Waals surface area contributed by atoms with Crippen LogP contribution in [0.15, 0.2) is 24.3 Å². The van der Waals surface area contributed by atoms with E-state index in [9.17, 15) is 4.79 Å². The van der Waals surface area contributed by atoms with E-state index in [1.807, 2.05) is 24.3 Å². The average molecular weight is 187 g/mol. The summed E-state index contributed by atoms with van der Waals surface area (Å²) in [5.41, 5.74) is 6.98. The van der Waals surface area contributed by atoms with E-state index in [4.69, 9.17) is 5.73 Å². The second-order valence-electron chi connectivity index (χ2n) is 3.39. The second kappa shape index (κ2) is 4.48. The van der Waals surface area contributed by atoms with Gasteiger partial charge in [-0.2, -0.15) is 0 Å². The molecule has 1 aromatic carbocycles. The number of benzene rings is 1. The lowest BCUT2D eigenvalue weighted by Crippen LogP contribution is -2.06. The summed E-state index contributed by atoms with van der Waals surface area (Å²) in [4.78, 5) is 10.4. The molecule has 1 rings (SSSR count). The molecule has 0 aromatic heterocycles. The summed E-state index contributed by atoms with van der Waals surface area (Å²) < 4.78 is 0. The molecule has 0 bridgehead atoms. The monoisotopic (exact) mass is 187 g/mol. The Morgan fingerprint density at radius 1 is 1.29 bits per heavy atom. The van der Waals surface area contributed by atoms with Gasteiger partial charge >= 0.3 is 0 Å². The highest BCUT2D eigenvalue weighted by molar-refractivity contribution is 5.92. The molecule has 0 unspecified atom stereocenters. The Hall–Kier alpha value is -1.75. The van der Waals surface area contributed by atoms with Gasteiger partial charge in [0.1, 0.15) is 0 Å². The molecule has 0 fully saturated rings. The first kappa shape index (κ1) is 10.3. The van der Waals surface area contributed by atoms with Crippen LogP contribution in [-0.4, -0.2) is 5.91 Å². The summed E-state index contributed by atoms with van der Waals surface area (Å²) in [6.07, 6.45) is 0. The van der Waals surface area contributed by atoms with Gasteiger partial charge in [-0.1, -0.05) is 31.9 Å². The van der Waals surface area contributed by atoms with Crippen molar-refractivity contribution >= 4 is 5.91 Å². The molecule has 72 valence electrons. The number of carbonyl (C=O) groups excluding carboxylic acids is 1. The van der Waals surface area contributed by atoms with Crippen molar-refractivity contribution in [2.75, 3.05) is 0 Å². The predicted octanol–water partition coefficient (Wildman–Crippen LogP) is 1.65. The fraction of sp³-hybridized carbons (Fsp3) is 0.250. The summed E-state index contributed by atoms with van der Waals surface area (Å²) in [7, 11) is 0. The summed E-state index contributed by atoms with van der Waals surface area (Å²) in [6, 6.07) is 7.81. The third-order valence-corrected chi connectivity index (χ3v) is 1.91. The van der Waals surface area contributed by atoms with E-state index in [1.165, 1.54) is 5.56 Å². The predicted molar refractivity (Wildman–Crippen MR) is 56.6 cm³/mol. The smallest absolute Gasteiger partial charge is 0.293 e. The zero-order valence-electron chi connectivity index (χ0n) is 8.37. The van der Waals surface area contributed by atoms with Crippen LogP contribution in [-0.2, 0) is 4.79 Å². The molecule has 0 saturated heterocycles. The van der Waals surface area contributed by atoms with Crippen LogP contribution in [0.4, 0.5) is 0 Å². The van der Waals surface area contributed by atoms with E-state index in [1.54, 1.807) is 0 Å². The number of hydrogen-bond donors (Lipinski definition) is 1. The maximum Gasteiger partial charge on any atom is 0.293 e. The molecular formula is C12H13NO. The minimum Gasteiger partial charge on any atom is -0.359 e. The van der Waals surface area contributed by atoms with E-state index in [2.05, 4.69) is 25.7 Å². The van der Waals surface area contributed by atoms with Gasteiger partial charge in [-0.15, -0.1) is 0 Å². The molecule has 2 N–H and O–H groups in total. The first-order valence-electron chi connectivity index (χ1n) is 4.51. The molecule has 0 atom stereocenters. The molecule has 0 radical (unpaired) electrons. The van der Waals surface area contributed by atoms with Crippen LogP contribution in [0.25, 0.3) is 0 Å². The SMILES string of the molecule is CC(C)c1ccc(C#CC(N)=O)cc1. The fourth-order valence-electron chi connectivity index (χ4n) is 1.09. The number of carbonyl (C=O) groups is 1. The molecule has 0 aliphatic carbocycles. The Kier molecular flexibility index (Phi) is 3.30. The van der Waals surface area contributed by atoms with Crippen LogP contribution in [0.3, 0.4) is 0 Å². The highest BCUT2D eigenvalue weighted by Gasteiger charge is 1.96. The maximum absolute atomic E-state index is 10.4. The maximum atomic E-state index is 10.4. The van der Waals surface area contributed by atoms with Crippen molar-refractivity contribution < 1.29 is 4.79 Å². The third kappa shape index (κ3) is 2.95. The highest BCUT2D eigenvalue weighted by atomic mass is 16.1. The van der Waals surface area contributed by atoms with Crippen LogP contribution in [0.1, 0.15) is 30.9 Å². The lowest BCUT2D eigenvalue weighted by Gasteiger charge is -2.03. The minimum atomic E-state index is -0.599. The summed E-state index contributed by atoms with van der Waals surface area (Å²) in [6.45, 7) is 4.26. The molecule has 2 heteroatoms. The molecule has 0 heterocycles. The van der Waals surface area contributed by atoms with Crippen molar-refractivity contribution in [3.05, 3.63) is 35.4 Å². The Bertz CT molecular complexity index is 379. The average Bonchev–Trinajstić information content (AvgIpc) is 2.15. The van der Waals surface area contributed by atoms with E-state index in [-0.39, 0.29) is 0 Å². The number of rotatable bonds is 1. The van der Waals surface area contributed by atoms with Gasteiger partial charge in [-0.25, -0.2) is 0 Å². The first-order chi connectivity index (χ1) is 6.59. The third-order valence-electron chi connectivity index (χ3n) is 1.91. The minimum absolute atomic E-state index is 0.508. The number of nitrogens with two attached hydrogens (primary N) is 1. The number of primary amides is 1. The molecule has 14 heavy (non-hydrogen) atoms. The topological polar surface area (TPSA) is 43.1 Å². The normalized spacial score (nSPS) is 9.36. The van der Waals surface area contributed by atoms with Crippen molar-refractivity contribution in [3.8, 4) is 11.8 Å². The van der Waals surface area contributed by atoms with E-state index >= 15 is 0 Å². The standard InChI is InChI=1S/C12H13NO/c1-9(2)11-6-3-10(4-7-11)5-8-12(13)14/h3-4,6-7,9H,1-2H3,(H2,13,14). The van der Waals surface area contributed by atoms with Gasteiger partial charge < -0.3 is 5.73 Å². The van der Waals surface area contributed by atoms with E-state index in [0.717, 1.165) is 5.56 Å². The van der Waals surface area contributed by atoms with Crippen LogP contribution in [0.2, 0.25) is 0 Å². The zero-order valence-corrected chi connectivity index (χ0v) is 8.37. The lowest BCUT2D eigenvalue weighted by atomic mass is 10.0. The van der Waals surface area contributed by atoms with Crippen molar-refractivity contribution in [3.63, 3.8) is 0 Å². The van der Waals surface area contributed by atoms with Gasteiger partial charge in [0.15, 0.2) is 0 Å². The molecule has 0 aliphatic heterocycles. The zero-order chi connectivity index (χ0) is 10.6. The van der Waals surface area contributed by atoms with Crippen LogP contribution >= 0.6 is 0 Å². The van der Waals surface area contributed by atoms with Gasteiger partial charge in [0.2, 0.25) is 0 Å². The van der Waals surface area contributed by atoms with Gasteiger partial charge in [0, 0.05) is 5.56 Å². The molecule has 0 saturated carbocycles. The molecule has 2 nitrogen and oxygen atoms in total. The largest absolute Gasteiger partial charge is 0.359 e. The number of amides is 1. The van der Waals surface area contributed by atoms with Gasteiger partial charge in [-0.3, -0.25) is 4.79 Å². The van der Waals surface area contributed by atoms with Crippen molar-refractivity contribution in [2.45, 2.75) is 19.8 Å². The lowest BCUT2D eigenvalue weighted by molar-refractivity contribution is -0.112. The summed E-state index contributed by atoms with van der Waals surface area (Å²) in [5, 5.41) is 0. The first-order valence-corrected chi connectivity index (χ1v) is 4.51. The molecule has 1 aromatic rings. The quantitative estimate of drug-likeness (QED) is 0.667. The van der Waals surface area contributed by atoms with Crippen LogP contribution in [0, 0.1) is 11.8 Å². The van der Waals surface area contributed by atoms with Crippen LogP contribution < -0.4 is 5.73 Å². The van der Waals surface area contributed by atoms with Gasteiger partial charge in [0.25, 0.3) is 5.91 Å². The molecule has 1 amide bonds. The van der Waals surface area contributed by atoms with Gasteiger partial charge in [-0.05, 0) is 29.5 Å². The highest BCUT2D eigenvalue weighted by Crippen LogP contribution is 2.13. The van der Waals surface area contributed by atoms with Crippen LogP contribution in [0.5, 0.6) is 0 Å². The Balaban J connectivity index is 2.85. The second-order valence-corrected chi connectivity index (χ2v) is 3.39. The molecular weight excluding hydrogens is 174 g/mol. The van der Waals surface area contributed by atoms with Gasteiger partial charge in [0.05, 0.1) is 0 Å². The Morgan fingerprint density at radius 3 is 2.29 bits per heavy atom. The Morgan fingerprint density at radius 2 is 1.86 bits per heavy atom. The fourth-order valence-corrected chi connectivity index (χ4v) is 1.09. The van der Waals surface area contributed by atoms with Crippen molar-refractivity contribution in [1.82, 2.24) is 0 Å². The summed E-state index contributed by atoms with van der Waals surface area (Å²) in [5.74, 6) is 4.89. The molecule has 0 spiro atoms. The summed E-state index contributed by atoms with van der Waals surface area (Å²) >= 11 is 0. The Labute approximate surface area is 84.1 Å². The number of hydrogen-bond acceptors (Lipinski definition) is 1. The van der Waals surface area contributed by atoms with Crippen molar-refractivity contribution in [1.29, 1.82) is 0 Å².